The van der Waals surface area contributed by atoms with Gasteiger partial charge in [-0.05, 0) is 25.1 Å². The van der Waals surface area contributed by atoms with E-state index in [1.165, 1.54) is 0 Å². The second-order valence-electron chi connectivity index (χ2n) is 4.68. The molecule has 0 saturated carbocycles. The maximum Gasteiger partial charge on any atom is 0.148 e. The summed E-state index contributed by atoms with van der Waals surface area (Å²) in [6.45, 7) is 1.70. The third kappa shape index (κ3) is 2.26. The fourth-order valence-corrected chi connectivity index (χ4v) is 2.08. The van der Waals surface area contributed by atoms with Crippen LogP contribution >= 0.6 is 0 Å². The SMILES string of the molecule is Cc1cc(-c2ccc3nc[nH]c3c2)nc(C(N)CO)n1. The van der Waals surface area contributed by atoms with Crippen LogP contribution in [0.3, 0.4) is 0 Å². The third-order valence-corrected chi connectivity index (χ3v) is 3.12. The fourth-order valence-electron chi connectivity index (χ4n) is 2.08. The van der Waals surface area contributed by atoms with Gasteiger partial charge < -0.3 is 15.8 Å². The summed E-state index contributed by atoms with van der Waals surface area (Å²) < 4.78 is 0. The van der Waals surface area contributed by atoms with Crippen molar-refractivity contribution in [2.24, 2.45) is 5.73 Å². The lowest BCUT2D eigenvalue weighted by molar-refractivity contribution is 0.263. The minimum atomic E-state index is -0.565. The molecule has 20 heavy (non-hydrogen) atoms. The molecule has 1 aromatic carbocycles. The van der Waals surface area contributed by atoms with Crippen LogP contribution in [0, 0.1) is 6.92 Å². The standard InChI is InChI=1S/C14H15N5O/c1-8-4-12(19-14(18-8)10(15)6-20)9-2-3-11-13(5-9)17-7-16-11/h2-5,7,10,20H,6,15H2,1H3,(H,16,17). The number of aliphatic hydroxyl groups excluding tert-OH is 1. The Bertz CT molecular complexity index is 752. The molecule has 6 nitrogen and oxygen atoms in total. The number of fused-ring (bicyclic) bond motifs is 1. The summed E-state index contributed by atoms with van der Waals surface area (Å²) >= 11 is 0. The number of aromatic amines is 1. The van der Waals surface area contributed by atoms with Crippen LogP contribution in [0.5, 0.6) is 0 Å². The lowest BCUT2D eigenvalue weighted by Crippen LogP contribution is -2.18. The van der Waals surface area contributed by atoms with Crippen LogP contribution in [-0.4, -0.2) is 31.6 Å². The number of aliphatic hydroxyl groups is 1. The normalized spacial score (nSPS) is 12.8. The highest BCUT2D eigenvalue weighted by Gasteiger charge is 2.11. The van der Waals surface area contributed by atoms with Gasteiger partial charge in [0.2, 0.25) is 0 Å². The number of nitrogens with one attached hydrogen (secondary N) is 1. The van der Waals surface area contributed by atoms with E-state index in [9.17, 15) is 0 Å². The van der Waals surface area contributed by atoms with E-state index in [0.29, 0.717) is 5.82 Å². The van der Waals surface area contributed by atoms with Crippen molar-refractivity contribution >= 4 is 11.0 Å². The van der Waals surface area contributed by atoms with Crippen LogP contribution in [0.4, 0.5) is 0 Å². The van der Waals surface area contributed by atoms with Gasteiger partial charge in [0.15, 0.2) is 0 Å². The monoisotopic (exact) mass is 269 g/mol. The molecule has 0 aliphatic rings. The maximum absolute atomic E-state index is 9.14. The minimum Gasteiger partial charge on any atom is -0.394 e. The highest BCUT2D eigenvalue weighted by molar-refractivity contribution is 5.80. The molecule has 0 saturated heterocycles. The van der Waals surface area contributed by atoms with Crippen molar-refractivity contribution in [3.8, 4) is 11.3 Å². The Morgan fingerprint density at radius 3 is 2.95 bits per heavy atom. The molecule has 1 unspecified atom stereocenters. The van der Waals surface area contributed by atoms with Crippen LogP contribution in [0.1, 0.15) is 17.6 Å². The van der Waals surface area contributed by atoms with E-state index in [4.69, 9.17) is 10.8 Å². The van der Waals surface area contributed by atoms with Crippen LogP contribution in [0.15, 0.2) is 30.6 Å². The first-order valence-corrected chi connectivity index (χ1v) is 6.33. The lowest BCUT2D eigenvalue weighted by Gasteiger charge is -2.10. The van der Waals surface area contributed by atoms with Gasteiger partial charge in [-0.2, -0.15) is 0 Å². The quantitative estimate of drug-likeness (QED) is 0.665. The van der Waals surface area contributed by atoms with E-state index >= 15 is 0 Å². The Balaban J connectivity index is 2.10. The summed E-state index contributed by atoms with van der Waals surface area (Å²) in [5, 5.41) is 9.14. The second kappa shape index (κ2) is 4.99. The molecule has 0 aliphatic carbocycles. The zero-order valence-corrected chi connectivity index (χ0v) is 11.0. The Hall–Kier alpha value is -2.31. The second-order valence-corrected chi connectivity index (χ2v) is 4.68. The summed E-state index contributed by atoms with van der Waals surface area (Å²) in [6, 6.07) is 7.21. The smallest absolute Gasteiger partial charge is 0.148 e. The van der Waals surface area contributed by atoms with Crippen LogP contribution in [0.2, 0.25) is 0 Å². The van der Waals surface area contributed by atoms with Gasteiger partial charge >= 0.3 is 0 Å². The fraction of sp³-hybridized carbons (Fsp3) is 0.214. The predicted octanol–water partition coefficient (Wildman–Crippen LogP) is 1.32. The first-order valence-electron chi connectivity index (χ1n) is 6.33. The maximum atomic E-state index is 9.14. The number of aryl methyl sites for hydroxylation is 1. The van der Waals surface area contributed by atoms with E-state index in [0.717, 1.165) is 28.0 Å². The molecule has 4 N–H and O–H groups in total. The largest absolute Gasteiger partial charge is 0.394 e. The Kier molecular flexibility index (Phi) is 3.17. The van der Waals surface area contributed by atoms with E-state index in [1.54, 1.807) is 6.33 Å². The lowest BCUT2D eigenvalue weighted by atomic mass is 10.1. The number of imidazole rings is 1. The van der Waals surface area contributed by atoms with Gasteiger partial charge in [0, 0.05) is 11.3 Å². The first kappa shape index (κ1) is 12.7. The Labute approximate surface area is 115 Å². The van der Waals surface area contributed by atoms with Crippen molar-refractivity contribution in [2.75, 3.05) is 6.61 Å². The van der Waals surface area contributed by atoms with Gasteiger partial charge in [-0.1, -0.05) is 6.07 Å². The average Bonchev–Trinajstić information content (AvgIpc) is 2.93. The number of hydrogen-bond donors (Lipinski definition) is 3. The summed E-state index contributed by atoms with van der Waals surface area (Å²) in [6.07, 6.45) is 1.66. The van der Waals surface area contributed by atoms with Gasteiger partial charge in [-0.25, -0.2) is 15.0 Å². The summed E-state index contributed by atoms with van der Waals surface area (Å²) in [4.78, 5) is 16.0. The Morgan fingerprint density at radius 2 is 2.15 bits per heavy atom. The van der Waals surface area contributed by atoms with Gasteiger partial charge in [0.05, 0.1) is 35.7 Å². The van der Waals surface area contributed by atoms with E-state index in [1.807, 2.05) is 31.2 Å². The molecule has 0 radical (unpaired) electrons. The average molecular weight is 269 g/mol. The third-order valence-electron chi connectivity index (χ3n) is 3.12. The highest BCUT2D eigenvalue weighted by atomic mass is 16.3. The van der Waals surface area contributed by atoms with E-state index in [-0.39, 0.29) is 6.61 Å². The molecule has 102 valence electrons. The molecule has 0 aliphatic heterocycles. The molecule has 0 fully saturated rings. The van der Waals surface area contributed by atoms with Crippen LogP contribution < -0.4 is 5.73 Å². The number of benzene rings is 1. The molecule has 0 amide bonds. The van der Waals surface area contributed by atoms with Crippen molar-refractivity contribution in [3.05, 3.63) is 42.1 Å². The molecule has 1 atom stereocenters. The van der Waals surface area contributed by atoms with Crippen LogP contribution in [-0.2, 0) is 0 Å². The molecule has 2 aromatic heterocycles. The highest BCUT2D eigenvalue weighted by Crippen LogP contribution is 2.22. The van der Waals surface area contributed by atoms with Crippen LogP contribution in [0.25, 0.3) is 22.3 Å². The Morgan fingerprint density at radius 1 is 1.30 bits per heavy atom. The molecule has 0 bridgehead atoms. The molecule has 0 spiro atoms. The zero-order chi connectivity index (χ0) is 14.1. The molecular weight excluding hydrogens is 254 g/mol. The molecule has 3 aromatic rings. The van der Waals surface area contributed by atoms with Gasteiger partial charge in [0.1, 0.15) is 5.82 Å². The number of hydrogen-bond acceptors (Lipinski definition) is 5. The molecular formula is C14H15N5O. The van der Waals surface area contributed by atoms with Gasteiger partial charge in [-0.3, -0.25) is 0 Å². The summed E-state index contributed by atoms with van der Waals surface area (Å²) in [5.74, 6) is 0.451. The van der Waals surface area contributed by atoms with E-state index < -0.39 is 6.04 Å². The van der Waals surface area contributed by atoms with Crippen molar-refractivity contribution < 1.29 is 5.11 Å². The number of H-pyrrole nitrogens is 1. The zero-order valence-electron chi connectivity index (χ0n) is 11.0. The van der Waals surface area contributed by atoms with Gasteiger partial charge in [-0.15, -0.1) is 0 Å². The van der Waals surface area contributed by atoms with Crippen molar-refractivity contribution in [1.82, 2.24) is 19.9 Å². The summed E-state index contributed by atoms with van der Waals surface area (Å²) in [7, 11) is 0. The summed E-state index contributed by atoms with van der Waals surface area (Å²) in [5.41, 5.74) is 10.2. The molecule has 3 rings (SSSR count). The first-order chi connectivity index (χ1) is 9.67. The molecule has 2 heterocycles. The van der Waals surface area contributed by atoms with Crippen molar-refractivity contribution in [2.45, 2.75) is 13.0 Å². The number of rotatable bonds is 3. The van der Waals surface area contributed by atoms with Crippen molar-refractivity contribution in [3.63, 3.8) is 0 Å². The molecule has 6 heteroatoms. The van der Waals surface area contributed by atoms with Gasteiger partial charge in [0.25, 0.3) is 0 Å². The predicted molar refractivity (Wildman–Crippen MR) is 75.9 cm³/mol. The van der Waals surface area contributed by atoms with Crippen molar-refractivity contribution in [1.29, 1.82) is 0 Å². The number of aromatic nitrogens is 4. The minimum absolute atomic E-state index is 0.178. The number of nitrogens with two attached hydrogens (primary N) is 1. The topological polar surface area (TPSA) is 101 Å². The van der Waals surface area contributed by atoms with E-state index in [2.05, 4.69) is 19.9 Å². The number of nitrogens with zero attached hydrogens (tertiary/aromatic N) is 3.